The van der Waals surface area contributed by atoms with Gasteiger partial charge in [-0.1, -0.05) is 35.9 Å². The Labute approximate surface area is 154 Å². The van der Waals surface area contributed by atoms with Gasteiger partial charge >= 0.3 is 0 Å². The van der Waals surface area contributed by atoms with Crippen LogP contribution in [-0.2, 0) is 0 Å². The first-order valence-corrected chi connectivity index (χ1v) is 8.77. The molecule has 2 aromatic carbocycles. The molecule has 0 radical (unpaired) electrons. The Kier molecular flexibility index (Phi) is 4.24. The number of pyridine rings is 1. The number of rotatable bonds is 3. The highest BCUT2D eigenvalue weighted by atomic mass is 35.5. The second kappa shape index (κ2) is 6.57. The topological polar surface area (TPSA) is 62.0 Å². The van der Waals surface area contributed by atoms with E-state index in [0.717, 1.165) is 23.8 Å². The maximum absolute atomic E-state index is 13.2. The number of H-pyrrole nitrogens is 1. The van der Waals surface area contributed by atoms with Crippen LogP contribution in [0, 0.1) is 5.82 Å². The van der Waals surface area contributed by atoms with Gasteiger partial charge in [0.05, 0.1) is 5.02 Å². The first-order chi connectivity index (χ1) is 12.5. The van der Waals surface area contributed by atoms with Crippen molar-refractivity contribution in [1.29, 1.82) is 0 Å². The molecule has 1 aliphatic carbocycles. The molecule has 132 valence electrons. The third kappa shape index (κ3) is 3.10. The van der Waals surface area contributed by atoms with Crippen LogP contribution in [0.4, 0.5) is 4.39 Å². The standard InChI is InChI=1S/C20H16ClFN2O2/c21-16-9-11(5-6-17(16)22)13-7-14(8-13)23-20(26)18-10-12-3-1-2-4-15(12)19(25)24-18/h1-6,9-10,13-14H,7-8H2,(H,23,26)(H,24,25). The number of aromatic nitrogens is 1. The van der Waals surface area contributed by atoms with Gasteiger partial charge in [-0.05, 0) is 54.0 Å². The van der Waals surface area contributed by atoms with Gasteiger partial charge in [-0.15, -0.1) is 0 Å². The lowest BCUT2D eigenvalue weighted by Crippen LogP contribution is -2.43. The fraction of sp³-hybridized carbons (Fsp3) is 0.200. The van der Waals surface area contributed by atoms with E-state index in [9.17, 15) is 14.0 Å². The van der Waals surface area contributed by atoms with E-state index in [1.807, 2.05) is 6.07 Å². The number of benzene rings is 2. The summed E-state index contributed by atoms with van der Waals surface area (Å²) in [4.78, 5) is 27.2. The van der Waals surface area contributed by atoms with Crippen LogP contribution in [0.3, 0.4) is 0 Å². The maximum atomic E-state index is 13.2. The van der Waals surface area contributed by atoms with Crippen LogP contribution in [-0.4, -0.2) is 16.9 Å². The minimum atomic E-state index is -0.431. The summed E-state index contributed by atoms with van der Waals surface area (Å²) in [6, 6.07) is 13.6. The molecule has 2 N–H and O–H groups in total. The average Bonchev–Trinajstić information content (AvgIpc) is 2.60. The fourth-order valence-corrected chi connectivity index (χ4v) is 3.56. The smallest absolute Gasteiger partial charge is 0.268 e. The number of aromatic amines is 1. The molecular weight excluding hydrogens is 355 g/mol. The summed E-state index contributed by atoms with van der Waals surface area (Å²) in [5.74, 6) is -0.484. The normalized spacial score (nSPS) is 19.2. The van der Waals surface area contributed by atoms with Crippen LogP contribution in [0.1, 0.15) is 34.8 Å². The van der Waals surface area contributed by atoms with E-state index in [1.54, 1.807) is 36.4 Å². The summed E-state index contributed by atoms with van der Waals surface area (Å²) in [5, 5.41) is 4.34. The number of hydrogen-bond acceptors (Lipinski definition) is 2. The number of carbonyl (C=O) groups excluding carboxylic acids is 1. The lowest BCUT2D eigenvalue weighted by molar-refractivity contribution is 0.0904. The number of carbonyl (C=O) groups is 1. The molecule has 6 heteroatoms. The first kappa shape index (κ1) is 16.8. The SMILES string of the molecule is O=C(NC1CC(c2ccc(F)c(Cl)c2)C1)c1cc2ccccc2c(=O)[nH]1. The van der Waals surface area contributed by atoms with Crippen molar-refractivity contribution in [3.8, 4) is 0 Å². The highest BCUT2D eigenvalue weighted by Crippen LogP contribution is 2.38. The molecule has 26 heavy (non-hydrogen) atoms. The average molecular weight is 371 g/mol. The molecule has 1 heterocycles. The highest BCUT2D eigenvalue weighted by Gasteiger charge is 2.32. The second-order valence-corrected chi connectivity index (χ2v) is 7.02. The Hall–Kier alpha value is -2.66. The number of nitrogens with one attached hydrogen (secondary N) is 2. The van der Waals surface area contributed by atoms with Crippen LogP contribution < -0.4 is 10.9 Å². The van der Waals surface area contributed by atoms with E-state index < -0.39 is 5.82 Å². The summed E-state index contributed by atoms with van der Waals surface area (Å²) < 4.78 is 13.2. The van der Waals surface area contributed by atoms with E-state index in [-0.39, 0.29) is 34.1 Å². The summed E-state index contributed by atoms with van der Waals surface area (Å²) in [5.41, 5.74) is 0.948. The molecular formula is C20H16ClFN2O2. The van der Waals surface area contributed by atoms with Crippen molar-refractivity contribution in [3.05, 3.63) is 81.0 Å². The van der Waals surface area contributed by atoms with Crippen molar-refractivity contribution in [3.63, 3.8) is 0 Å². The molecule has 1 fully saturated rings. The van der Waals surface area contributed by atoms with Crippen molar-refractivity contribution in [2.24, 2.45) is 0 Å². The van der Waals surface area contributed by atoms with Crippen LogP contribution in [0.2, 0.25) is 5.02 Å². The highest BCUT2D eigenvalue weighted by molar-refractivity contribution is 6.30. The summed E-state index contributed by atoms with van der Waals surface area (Å²) >= 11 is 5.82. The largest absolute Gasteiger partial charge is 0.348 e. The zero-order valence-electron chi connectivity index (χ0n) is 13.8. The molecule has 1 amide bonds. The summed E-state index contributed by atoms with van der Waals surface area (Å²) in [6.07, 6.45) is 1.51. The Bertz CT molecular complexity index is 1060. The van der Waals surface area contributed by atoms with Gasteiger partial charge in [0.1, 0.15) is 11.5 Å². The van der Waals surface area contributed by atoms with Crippen LogP contribution >= 0.6 is 11.6 Å². The summed E-state index contributed by atoms with van der Waals surface area (Å²) in [6.45, 7) is 0. The van der Waals surface area contributed by atoms with Crippen LogP contribution in [0.25, 0.3) is 10.8 Å². The van der Waals surface area contributed by atoms with E-state index in [0.29, 0.717) is 5.39 Å². The third-order valence-electron chi connectivity index (χ3n) is 4.89. The molecule has 0 atom stereocenters. The van der Waals surface area contributed by atoms with Gasteiger partial charge in [0.2, 0.25) is 0 Å². The molecule has 0 bridgehead atoms. The molecule has 1 saturated carbocycles. The molecule has 0 saturated heterocycles. The van der Waals surface area contributed by atoms with Crippen molar-refractivity contribution in [2.45, 2.75) is 24.8 Å². The molecule has 0 spiro atoms. The van der Waals surface area contributed by atoms with E-state index in [2.05, 4.69) is 10.3 Å². The van der Waals surface area contributed by atoms with E-state index >= 15 is 0 Å². The van der Waals surface area contributed by atoms with Gasteiger partial charge in [0, 0.05) is 11.4 Å². The molecule has 4 rings (SSSR count). The van der Waals surface area contributed by atoms with Crippen molar-refractivity contribution < 1.29 is 9.18 Å². The monoisotopic (exact) mass is 370 g/mol. The maximum Gasteiger partial charge on any atom is 0.268 e. The predicted octanol–water partition coefficient (Wildman–Crippen LogP) is 4.00. The zero-order valence-corrected chi connectivity index (χ0v) is 14.5. The lowest BCUT2D eigenvalue weighted by Gasteiger charge is -2.36. The van der Waals surface area contributed by atoms with Gasteiger partial charge in [0.25, 0.3) is 11.5 Å². The minimum Gasteiger partial charge on any atom is -0.348 e. The molecule has 3 aromatic rings. The Morgan fingerprint density at radius 2 is 1.92 bits per heavy atom. The minimum absolute atomic E-state index is 0.0197. The molecule has 4 nitrogen and oxygen atoms in total. The van der Waals surface area contributed by atoms with Crippen LogP contribution in [0.15, 0.2) is 53.3 Å². The summed E-state index contributed by atoms with van der Waals surface area (Å²) in [7, 11) is 0. The molecule has 0 unspecified atom stereocenters. The number of hydrogen-bond donors (Lipinski definition) is 2. The van der Waals surface area contributed by atoms with Crippen molar-refractivity contribution >= 4 is 28.3 Å². The first-order valence-electron chi connectivity index (χ1n) is 8.39. The number of amides is 1. The fourth-order valence-electron chi connectivity index (χ4n) is 3.37. The second-order valence-electron chi connectivity index (χ2n) is 6.61. The Morgan fingerprint density at radius 3 is 2.69 bits per heavy atom. The van der Waals surface area contributed by atoms with Crippen LogP contribution in [0.5, 0.6) is 0 Å². The molecule has 0 aliphatic heterocycles. The van der Waals surface area contributed by atoms with Gasteiger partial charge in [-0.3, -0.25) is 9.59 Å². The number of fused-ring (bicyclic) bond motifs is 1. The van der Waals surface area contributed by atoms with Crippen molar-refractivity contribution in [2.75, 3.05) is 0 Å². The lowest BCUT2D eigenvalue weighted by atomic mass is 9.76. The van der Waals surface area contributed by atoms with Gasteiger partial charge in [-0.2, -0.15) is 0 Å². The van der Waals surface area contributed by atoms with E-state index in [1.165, 1.54) is 6.07 Å². The molecule has 1 aromatic heterocycles. The van der Waals surface area contributed by atoms with Gasteiger partial charge in [0.15, 0.2) is 0 Å². The Morgan fingerprint density at radius 1 is 1.15 bits per heavy atom. The van der Waals surface area contributed by atoms with E-state index in [4.69, 9.17) is 11.6 Å². The molecule has 1 aliphatic rings. The third-order valence-corrected chi connectivity index (χ3v) is 5.18. The quantitative estimate of drug-likeness (QED) is 0.732. The number of halogens is 2. The Balaban J connectivity index is 1.43. The van der Waals surface area contributed by atoms with Gasteiger partial charge in [-0.25, -0.2) is 4.39 Å². The van der Waals surface area contributed by atoms with Crippen molar-refractivity contribution in [1.82, 2.24) is 10.3 Å². The zero-order chi connectivity index (χ0) is 18.3. The van der Waals surface area contributed by atoms with Gasteiger partial charge < -0.3 is 10.3 Å². The predicted molar refractivity (Wildman–Crippen MR) is 99.2 cm³/mol.